The number of halogens is 1. The van der Waals surface area contributed by atoms with E-state index in [0.29, 0.717) is 21.9 Å². The Morgan fingerprint density at radius 3 is 2.29 bits per heavy atom. The summed E-state index contributed by atoms with van der Waals surface area (Å²) in [6.45, 7) is 0. The van der Waals surface area contributed by atoms with Gasteiger partial charge < -0.3 is 10.1 Å². The van der Waals surface area contributed by atoms with Crippen molar-refractivity contribution in [2.45, 2.75) is 0 Å². The highest BCUT2D eigenvalue weighted by molar-refractivity contribution is 9.10. The Bertz CT molecular complexity index is 843. The molecule has 0 bridgehead atoms. The van der Waals surface area contributed by atoms with E-state index in [0.717, 1.165) is 4.47 Å². The van der Waals surface area contributed by atoms with E-state index in [-0.39, 0.29) is 5.91 Å². The van der Waals surface area contributed by atoms with Gasteiger partial charge in [0.05, 0.1) is 10.4 Å². The van der Waals surface area contributed by atoms with Gasteiger partial charge in [0.25, 0.3) is 5.91 Å². The summed E-state index contributed by atoms with van der Waals surface area (Å²) in [6.07, 6.45) is 0. The standard InChI is InChI=1S/C18H12BrNO3S/c19-13-5-3-12(4-6-13)18(22)23-15-9-7-14(8-10-15)20-17(21)16-2-1-11-24-16/h1-11H,(H,20,21). The van der Waals surface area contributed by atoms with E-state index in [4.69, 9.17) is 4.74 Å². The van der Waals surface area contributed by atoms with Gasteiger partial charge in [-0.1, -0.05) is 22.0 Å². The van der Waals surface area contributed by atoms with E-state index >= 15 is 0 Å². The fourth-order valence-corrected chi connectivity index (χ4v) is 2.84. The molecule has 1 aromatic heterocycles. The van der Waals surface area contributed by atoms with Crippen LogP contribution in [0.15, 0.2) is 70.5 Å². The summed E-state index contributed by atoms with van der Waals surface area (Å²) >= 11 is 4.69. The third-order valence-electron chi connectivity index (χ3n) is 3.15. The molecule has 3 rings (SSSR count). The van der Waals surface area contributed by atoms with E-state index in [1.54, 1.807) is 54.6 Å². The second-order valence-electron chi connectivity index (χ2n) is 4.85. The minimum absolute atomic E-state index is 0.162. The third kappa shape index (κ3) is 4.10. The lowest BCUT2D eigenvalue weighted by Crippen LogP contribution is -2.10. The molecule has 1 N–H and O–H groups in total. The maximum Gasteiger partial charge on any atom is 0.343 e. The van der Waals surface area contributed by atoms with Gasteiger partial charge in [0.2, 0.25) is 0 Å². The van der Waals surface area contributed by atoms with Crippen molar-refractivity contribution in [1.82, 2.24) is 0 Å². The number of ether oxygens (including phenoxy) is 1. The first-order valence-corrected chi connectivity index (χ1v) is 8.72. The number of esters is 1. The summed E-state index contributed by atoms with van der Waals surface area (Å²) in [7, 11) is 0. The van der Waals surface area contributed by atoms with E-state index in [2.05, 4.69) is 21.2 Å². The van der Waals surface area contributed by atoms with Crippen LogP contribution in [-0.2, 0) is 0 Å². The minimum atomic E-state index is -0.433. The van der Waals surface area contributed by atoms with Crippen LogP contribution in [0.5, 0.6) is 5.75 Å². The molecule has 0 spiro atoms. The molecule has 0 saturated heterocycles. The molecule has 2 aromatic carbocycles. The van der Waals surface area contributed by atoms with Crippen LogP contribution in [0.3, 0.4) is 0 Å². The Morgan fingerprint density at radius 2 is 1.67 bits per heavy atom. The molecule has 0 unspecified atom stereocenters. The normalized spacial score (nSPS) is 10.2. The highest BCUT2D eigenvalue weighted by Crippen LogP contribution is 2.19. The van der Waals surface area contributed by atoms with Gasteiger partial charge in [-0.05, 0) is 60.0 Å². The summed E-state index contributed by atoms with van der Waals surface area (Å²) < 4.78 is 6.20. The number of anilines is 1. The average Bonchev–Trinajstić information content (AvgIpc) is 3.12. The summed E-state index contributed by atoms with van der Waals surface area (Å²) in [5, 5.41) is 4.64. The summed E-state index contributed by atoms with van der Waals surface area (Å²) in [5.41, 5.74) is 1.10. The molecule has 120 valence electrons. The molecule has 1 amide bonds. The van der Waals surface area contributed by atoms with Crippen molar-refractivity contribution < 1.29 is 14.3 Å². The number of amides is 1. The van der Waals surface area contributed by atoms with Crippen LogP contribution in [0.2, 0.25) is 0 Å². The summed E-state index contributed by atoms with van der Waals surface area (Å²) in [5.74, 6) is -0.181. The van der Waals surface area contributed by atoms with Crippen LogP contribution < -0.4 is 10.1 Å². The highest BCUT2D eigenvalue weighted by Gasteiger charge is 2.10. The number of carbonyl (C=O) groups is 2. The Labute approximate surface area is 151 Å². The monoisotopic (exact) mass is 401 g/mol. The predicted molar refractivity (Wildman–Crippen MR) is 97.8 cm³/mol. The summed E-state index contributed by atoms with van der Waals surface area (Å²) in [6, 6.07) is 17.2. The predicted octanol–water partition coefficient (Wildman–Crippen LogP) is 4.98. The number of nitrogens with one attached hydrogen (secondary N) is 1. The van der Waals surface area contributed by atoms with Crippen molar-refractivity contribution >= 4 is 44.8 Å². The molecule has 0 saturated carbocycles. The van der Waals surface area contributed by atoms with Gasteiger partial charge in [-0.25, -0.2) is 4.79 Å². The van der Waals surface area contributed by atoms with Crippen molar-refractivity contribution in [3.8, 4) is 5.75 Å². The first-order chi connectivity index (χ1) is 11.6. The molecule has 0 aliphatic heterocycles. The highest BCUT2D eigenvalue weighted by atomic mass is 79.9. The molecule has 3 aromatic rings. The second kappa shape index (κ2) is 7.42. The van der Waals surface area contributed by atoms with Gasteiger partial charge >= 0.3 is 5.97 Å². The molecule has 0 aliphatic rings. The maximum atomic E-state index is 12.0. The SMILES string of the molecule is O=C(Oc1ccc(NC(=O)c2cccs2)cc1)c1ccc(Br)cc1. The lowest BCUT2D eigenvalue weighted by Gasteiger charge is -2.07. The van der Waals surface area contributed by atoms with Crippen molar-refractivity contribution in [3.05, 3.63) is 81.0 Å². The molecular formula is C18H12BrNO3S. The van der Waals surface area contributed by atoms with Crippen LogP contribution in [-0.4, -0.2) is 11.9 Å². The first-order valence-electron chi connectivity index (χ1n) is 7.04. The van der Waals surface area contributed by atoms with Crippen molar-refractivity contribution in [2.24, 2.45) is 0 Å². The van der Waals surface area contributed by atoms with Crippen molar-refractivity contribution in [3.63, 3.8) is 0 Å². The number of hydrogen-bond donors (Lipinski definition) is 1. The van der Waals surface area contributed by atoms with Gasteiger partial charge in [0, 0.05) is 10.2 Å². The largest absolute Gasteiger partial charge is 0.423 e. The van der Waals surface area contributed by atoms with Gasteiger partial charge in [-0.15, -0.1) is 11.3 Å². The lowest BCUT2D eigenvalue weighted by atomic mass is 10.2. The number of hydrogen-bond acceptors (Lipinski definition) is 4. The fraction of sp³-hybridized carbons (Fsp3) is 0. The topological polar surface area (TPSA) is 55.4 Å². The van der Waals surface area contributed by atoms with Crippen LogP contribution in [0.4, 0.5) is 5.69 Å². The molecule has 0 radical (unpaired) electrons. The number of rotatable bonds is 4. The van der Waals surface area contributed by atoms with Gasteiger partial charge in [0.15, 0.2) is 0 Å². The number of carbonyl (C=O) groups excluding carboxylic acids is 2. The van der Waals surface area contributed by atoms with Crippen molar-refractivity contribution in [1.29, 1.82) is 0 Å². The third-order valence-corrected chi connectivity index (χ3v) is 4.54. The molecule has 1 heterocycles. The Morgan fingerprint density at radius 1 is 0.958 bits per heavy atom. The molecule has 0 atom stereocenters. The van der Waals surface area contributed by atoms with E-state index in [1.807, 2.05) is 11.4 Å². The Kier molecular flexibility index (Phi) is 5.08. The van der Waals surface area contributed by atoms with E-state index in [1.165, 1.54) is 11.3 Å². The summed E-state index contributed by atoms with van der Waals surface area (Å²) in [4.78, 5) is 24.6. The van der Waals surface area contributed by atoms with Gasteiger partial charge in [-0.3, -0.25) is 4.79 Å². The first kappa shape index (κ1) is 16.4. The van der Waals surface area contributed by atoms with Crippen LogP contribution in [0.1, 0.15) is 20.0 Å². The van der Waals surface area contributed by atoms with Crippen LogP contribution in [0, 0.1) is 0 Å². The Balaban J connectivity index is 1.63. The fourth-order valence-electron chi connectivity index (χ4n) is 1.96. The van der Waals surface area contributed by atoms with Gasteiger partial charge in [0.1, 0.15) is 5.75 Å². The Hall–Kier alpha value is -2.44. The molecule has 4 nitrogen and oxygen atoms in total. The minimum Gasteiger partial charge on any atom is -0.423 e. The zero-order valence-corrected chi connectivity index (χ0v) is 14.8. The molecule has 0 aliphatic carbocycles. The maximum absolute atomic E-state index is 12.0. The van der Waals surface area contributed by atoms with E-state index in [9.17, 15) is 9.59 Å². The molecular weight excluding hydrogens is 390 g/mol. The molecule has 6 heteroatoms. The average molecular weight is 402 g/mol. The quantitative estimate of drug-likeness (QED) is 0.495. The smallest absolute Gasteiger partial charge is 0.343 e. The van der Waals surface area contributed by atoms with Crippen molar-refractivity contribution in [2.75, 3.05) is 5.32 Å². The van der Waals surface area contributed by atoms with Crippen LogP contribution in [0.25, 0.3) is 0 Å². The number of benzene rings is 2. The molecule has 0 fully saturated rings. The zero-order chi connectivity index (χ0) is 16.9. The molecule has 24 heavy (non-hydrogen) atoms. The lowest BCUT2D eigenvalue weighted by molar-refractivity contribution is 0.0734. The van der Waals surface area contributed by atoms with Gasteiger partial charge in [-0.2, -0.15) is 0 Å². The van der Waals surface area contributed by atoms with E-state index < -0.39 is 5.97 Å². The van der Waals surface area contributed by atoms with Crippen LogP contribution >= 0.6 is 27.3 Å². The number of thiophene rings is 1. The zero-order valence-electron chi connectivity index (χ0n) is 12.4. The second-order valence-corrected chi connectivity index (χ2v) is 6.72.